The van der Waals surface area contributed by atoms with Gasteiger partial charge in [0.2, 0.25) is 10.0 Å². The molecule has 118 valence electrons. The Morgan fingerprint density at radius 2 is 1.19 bits per heavy atom. The molecule has 0 bridgehead atoms. The summed E-state index contributed by atoms with van der Waals surface area (Å²) in [6.45, 7) is 13.5. The first-order valence-electron chi connectivity index (χ1n) is 7.75. The Balaban J connectivity index is 2.56. The number of hydrogen-bond donors (Lipinski definition) is 0. The number of nitrogens with zero attached hydrogens (tertiary/aromatic N) is 1. The Kier molecular flexibility index (Phi) is 4.50. The molecule has 0 aliphatic carbocycles. The van der Waals surface area contributed by atoms with Crippen molar-refractivity contribution >= 4 is 10.0 Å². The molecule has 1 aliphatic heterocycles. The fourth-order valence-corrected chi connectivity index (χ4v) is 5.24. The van der Waals surface area contributed by atoms with E-state index in [1.54, 1.807) is 4.31 Å². The van der Waals surface area contributed by atoms with Crippen LogP contribution < -0.4 is 0 Å². The van der Waals surface area contributed by atoms with Crippen LogP contribution in [-0.2, 0) is 10.0 Å². The first kappa shape index (κ1) is 16.5. The van der Waals surface area contributed by atoms with Gasteiger partial charge in [0.15, 0.2) is 0 Å². The van der Waals surface area contributed by atoms with Gasteiger partial charge in [-0.25, -0.2) is 8.42 Å². The summed E-state index contributed by atoms with van der Waals surface area (Å²) in [6, 6.07) is 0. The molecular formula is C17H27NO2S. The van der Waals surface area contributed by atoms with Crippen molar-refractivity contribution < 1.29 is 8.42 Å². The van der Waals surface area contributed by atoms with Gasteiger partial charge in [-0.2, -0.15) is 4.31 Å². The van der Waals surface area contributed by atoms with Crippen LogP contribution in [0, 0.1) is 40.5 Å². The molecule has 0 amide bonds. The van der Waals surface area contributed by atoms with Gasteiger partial charge in [0, 0.05) is 13.1 Å². The molecule has 1 fully saturated rings. The number of hydrogen-bond acceptors (Lipinski definition) is 2. The molecule has 0 radical (unpaired) electrons. The fourth-order valence-electron chi connectivity index (χ4n) is 3.21. The van der Waals surface area contributed by atoms with E-state index in [4.69, 9.17) is 0 Å². The van der Waals surface area contributed by atoms with E-state index in [1.807, 2.05) is 27.7 Å². The Hall–Kier alpha value is -0.870. The molecule has 1 aromatic rings. The topological polar surface area (TPSA) is 37.4 Å². The summed E-state index contributed by atoms with van der Waals surface area (Å²) in [4.78, 5) is 0.539. The third-order valence-corrected chi connectivity index (χ3v) is 7.44. The molecule has 0 unspecified atom stereocenters. The lowest BCUT2D eigenvalue weighted by atomic mass is 9.95. The lowest BCUT2D eigenvalue weighted by Gasteiger charge is -2.31. The highest BCUT2D eigenvalue weighted by Gasteiger charge is 2.31. The molecule has 0 spiro atoms. The maximum Gasteiger partial charge on any atom is 0.243 e. The first-order valence-corrected chi connectivity index (χ1v) is 9.19. The zero-order chi connectivity index (χ0) is 15.9. The summed E-state index contributed by atoms with van der Waals surface area (Å²) in [5, 5.41) is 0. The SMILES string of the molecule is Cc1c(C)c(C)c(S(=O)(=O)N2CCC(C)CC2)c(C)c1C. The zero-order valence-corrected chi connectivity index (χ0v) is 14.9. The zero-order valence-electron chi connectivity index (χ0n) is 14.1. The van der Waals surface area contributed by atoms with Gasteiger partial charge in [0.05, 0.1) is 4.90 Å². The van der Waals surface area contributed by atoms with E-state index < -0.39 is 10.0 Å². The van der Waals surface area contributed by atoms with E-state index in [1.165, 1.54) is 5.56 Å². The summed E-state index contributed by atoms with van der Waals surface area (Å²) in [6.07, 6.45) is 1.92. The van der Waals surface area contributed by atoms with Crippen molar-refractivity contribution in [2.75, 3.05) is 13.1 Å². The van der Waals surface area contributed by atoms with Gasteiger partial charge in [-0.15, -0.1) is 0 Å². The quantitative estimate of drug-likeness (QED) is 0.836. The van der Waals surface area contributed by atoms with Crippen molar-refractivity contribution in [3.63, 3.8) is 0 Å². The second-order valence-electron chi connectivity index (χ2n) is 6.54. The van der Waals surface area contributed by atoms with Gasteiger partial charge in [0.1, 0.15) is 0 Å². The van der Waals surface area contributed by atoms with Crippen LogP contribution in [0.25, 0.3) is 0 Å². The van der Waals surface area contributed by atoms with Crippen LogP contribution in [-0.4, -0.2) is 25.8 Å². The number of sulfonamides is 1. The fraction of sp³-hybridized carbons (Fsp3) is 0.647. The van der Waals surface area contributed by atoms with Crippen molar-refractivity contribution in [2.24, 2.45) is 5.92 Å². The molecule has 1 aromatic carbocycles. The Morgan fingerprint density at radius 3 is 1.62 bits per heavy atom. The summed E-state index contributed by atoms with van der Waals surface area (Å²) in [5.41, 5.74) is 5.23. The lowest BCUT2D eigenvalue weighted by molar-refractivity contribution is 0.288. The van der Waals surface area contributed by atoms with Gasteiger partial charge in [-0.3, -0.25) is 0 Å². The molecule has 1 heterocycles. The van der Waals surface area contributed by atoms with E-state index in [0.29, 0.717) is 23.9 Å². The highest BCUT2D eigenvalue weighted by molar-refractivity contribution is 7.89. The van der Waals surface area contributed by atoms with Crippen LogP contribution in [0.2, 0.25) is 0 Å². The minimum atomic E-state index is -3.38. The molecule has 0 aromatic heterocycles. The van der Waals surface area contributed by atoms with Crippen LogP contribution in [0.5, 0.6) is 0 Å². The largest absolute Gasteiger partial charge is 0.243 e. The highest BCUT2D eigenvalue weighted by atomic mass is 32.2. The normalized spacial score (nSPS) is 18.2. The van der Waals surface area contributed by atoms with E-state index in [-0.39, 0.29) is 0 Å². The molecule has 0 atom stereocenters. The van der Waals surface area contributed by atoms with E-state index in [0.717, 1.165) is 35.1 Å². The molecule has 0 saturated carbocycles. The first-order chi connectivity index (χ1) is 9.67. The number of piperidine rings is 1. The van der Waals surface area contributed by atoms with Crippen LogP contribution in [0.4, 0.5) is 0 Å². The average Bonchev–Trinajstić information content (AvgIpc) is 2.43. The molecule has 3 nitrogen and oxygen atoms in total. The average molecular weight is 309 g/mol. The monoisotopic (exact) mass is 309 g/mol. The summed E-state index contributed by atoms with van der Waals surface area (Å²) < 4.78 is 27.8. The second kappa shape index (κ2) is 5.73. The molecule has 0 N–H and O–H groups in total. The lowest BCUT2D eigenvalue weighted by Crippen LogP contribution is -2.38. The van der Waals surface area contributed by atoms with Crippen LogP contribution in [0.15, 0.2) is 4.90 Å². The maximum atomic E-state index is 13.1. The third kappa shape index (κ3) is 2.76. The predicted molar refractivity (Wildman–Crippen MR) is 87.3 cm³/mol. The summed E-state index contributed by atoms with van der Waals surface area (Å²) in [5.74, 6) is 0.625. The number of rotatable bonds is 2. The van der Waals surface area contributed by atoms with Gasteiger partial charge in [0.25, 0.3) is 0 Å². The van der Waals surface area contributed by atoms with E-state index in [2.05, 4.69) is 13.8 Å². The van der Waals surface area contributed by atoms with Crippen LogP contribution in [0.3, 0.4) is 0 Å². The predicted octanol–water partition coefficient (Wildman–Crippen LogP) is 3.65. The van der Waals surface area contributed by atoms with Gasteiger partial charge >= 0.3 is 0 Å². The van der Waals surface area contributed by atoms with Crippen molar-refractivity contribution in [3.8, 4) is 0 Å². The summed E-state index contributed by atoms with van der Waals surface area (Å²) in [7, 11) is -3.38. The highest BCUT2D eigenvalue weighted by Crippen LogP contribution is 2.33. The van der Waals surface area contributed by atoms with Crippen LogP contribution in [0.1, 0.15) is 47.6 Å². The second-order valence-corrected chi connectivity index (χ2v) is 8.42. The van der Waals surface area contributed by atoms with E-state index in [9.17, 15) is 8.42 Å². The maximum absolute atomic E-state index is 13.1. The van der Waals surface area contributed by atoms with Gasteiger partial charge < -0.3 is 0 Å². The molecular weight excluding hydrogens is 282 g/mol. The Labute approximate surface area is 129 Å². The Bertz CT molecular complexity index is 625. The minimum absolute atomic E-state index is 0.539. The molecule has 1 saturated heterocycles. The van der Waals surface area contributed by atoms with Gasteiger partial charge in [-0.1, -0.05) is 6.92 Å². The smallest absolute Gasteiger partial charge is 0.207 e. The molecule has 2 rings (SSSR count). The Morgan fingerprint density at radius 1 is 0.810 bits per heavy atom. The van der Waals surface area contributed by atoms with Crippen LogP contribution >= 0.6 is 0 Å². The van der Waals surface area contributed by atoms with Crippen molar-refractivity contribution in [1.29, 1.82) is 0 Å². The van der Waals surface area contributed by atoms with Crippen molar-refractivity contribution in [3.05, 3.63) is 27.8 Å². The number of benzene rings is 1. The van der Waals surface area contributed by atoms with E-state index >= 15 is 0 Å². The minimum Gasteiger partial charge on any atom is -0.207 e. The van der Waals surface area contributed by atoms with Crippen molar-refractivity contribution in [2.45, 2.75) is 59.3 Å². The molecule has 4 heteroatoms. The molecule has 1 aliphatic rings. The summed E-state index contributed by atoms with van der Waals surface area (Å²) >= 11 is 0. The standard InChI is InChI=1S/C17H27NO2S/c1-11-7-9-18(10-8-11)21(19,20)17-15(5)13(3)12(2)14(4)16(17)6/h11H,7-10H2,1-6H3. The van der Waals surface area contributed by atoms with Gasteiger partial charge in [-0.05, 0) is 81.2 Å². The van der Waals surface area contributed by atoms with Crippen molar-refractivity contribution in [1.82, 2.24) is 4.31 Å². The third-order valence-electron chi connectivity index (χ3n) is 5.27. The molecule has 21 heavy (non-hydrogen) atoms.